The molecule has 0 spiro atoms. The van der Waals surface area contributed by atoms with Gasteiger partial charge in [0.05, 0.1) is 5.69 Å². The highest BCUT2D eigenvalue weighted by Crippen LogP contribution is 2.28. The van der Waals surface area contributed by atoms with E-state index in [-0.39, 0.29) is 11.8 Å². The van der Waals surface area contributed by atoms with Crippen molar-refractivity contribution in [3.05, 3.63) is 27.7 Å². The number of hydrogen-bond donors (Lipinski definition) is 2. The number of anilines is 1. The molecule has 0 heterocycles. The Morgan fingerprint density at radius 2 is 2.12 bits per heavy atom. The average molecular weight is 299 g/mol. The molecule has 1 unspecified atom stereocenters. The Morgan fingerprint density at radius 3 is 2.65 bits per heavy atom. The van der Waals surface area contributed by atoms with Crippen molar-refractivity contribution < 1.29 is 4.79 Å². The quantitative estimate of drug-likeness (QED) is 0.898. The molecule has 0 saturated carbocycles. The first-order valence-electron chi connectivity index (χ1n) is 5.73. The van der Waals surface area contributed by atoms with Crippen molar-refractivity contribution in [1.29, 1.82) is 0 Å². The first-order chi connectivity index (χ1) is 7.95. The number of carbonyl (C=O) groups is 1. The first-order valence-corrected chi connectivity index (χ1v) is 6.52. The number of amides is 1. The molecule has 1 aromatic rings. The largest absolute Gasteiger partial charge is 0.330 e. The van der Waals surface area contributed by atoms with Gasteiger partial charge in [-0.1, -0.05) is 13.0 Å². The van der Waals surface area contributed by atoms with Crippen molar-refractivity contribution in [3.63, 3.8) is 0 Å². The summed E-state index contributed by atoms with van der Waals surface area (Å²) >= 11 is 3.48. The number of rotatable bonds is 4. The molecule has 0 bridgehead atoms. The number of nitrogens with two attached hydrogens (primary N) is 1. The monoisotopic (exact) mass is 298 g/mol. The van der Waals surface area contributed by atoms with E-state index < -0.39 is 0 Å². The van der Waals surface area contributed by atoms with Crippen molar-refractivity contribution in [2.24, 2.45) is 11.7 Å². The molecule has 1 amide bonds. The van der Waals surface area contributed by atoms with Crippen LogP contribution in [0.3, 0.4) is 0 Å². The summed E-state index contributed by atoms with van der Waals surface area (Å²) in [5, 5.41) is 2.95. The van der Waals surface area contributed by atoms with Gasteiger partial charge in [-0.25, -0.2) is 0 Å². The molecule has 17 heavy (non-hydrogen) atoms. The third-order valence-electron chi connectivity index (χ3n) is 2.73. The van der Waals surface area contributed by atoms with Gasteiger partial charge in [-0.3, -0.25) is 4.79 Å². The zero-order valence-electron chi connectivity index (χ0n) is 10.5. The summed E-state index contributed by atoms with van der Waals surface area (Å²) in [4.78, 5) is 11.9. The van der Waals surface area contributed by atoms with Gasteiger partial charge < -0.3 is 11.1 Å². The highest BCUT2D eigenvalue weighted by molar-refractivity contribution is 9.10. The van der Waals surface area contributed by atoms with Crippen molar-refractivity contribution in [1.82, 2.24) is 0 Å². The fourth-order valence-electron chi connectivity index (χ4n) is 1.70. The maximum Gasteiger partial charge on any atom is 0.227 e. The second-order valence-electron chi connectivity index (χ2n) is 4.41. The van der Waals surface area contributed by atoms with Crippen molar-refractivity contribution in [2.45, 2.75) is 27.2 Å². The lowest BCUT2D eigenvalue weighted by Gasteiger charge is -2.15. The van der Waals surface area contributed by atoms with Crippen LogP contribution in [0.25, 0.3) is 0 Å². The van der Waals surface area contributed by atoms with Gasteiger partial charge in [-0.2, -0.15) is 0 Å². The third kappa shape index (κ3) is 3.82. The zero-order valence-corrected chi connectivity index (χ0v) is 12.1. The predicted octanol–water partition coefficient (Wildman–Crippen LogP) is 2.99. The van der Waals surface area contributed by atoms with Crippen LogP contribution in [0.5, 0.6) is 0 Å². The molecule has 1 atom stereocenters. The van der Waals surface area contributed by atoms with E-state index in [0.717, 1.165) is 15.7 Å². The number of carbonyl (C=O) groups excluding carboxylic acids is 1. The highest BCUT2D eigenvalue weighted by atomic mass is 79.9. The molecule has 4 heteroatoms. The molecule has 0 fully saturated rings. The van der Waals surface area contributed by atoms with Crippen molar-refractivity contribution >= 4 is 27.5 Å². The standard InChI is InChI=1S/C13H19BrN2O/c1-8-6-10(3)12(11(14)7-8)16-13(17)9(2)4-5-15/h6-7,9H,4-5,15H2,1-3H3,(H,16,17). The number of halogens is 1. The lowest BCUT2D eigenvalue weighted by atomic mass is 10.1. The van der Waals surface area contributed by atoms with Crippen LogP contribution in [0.1, 0.15) is 24.5 Å². The van der Waals surface area contributed by atoms with E-state index in [0.29, 0.717) is 13.0 Å². The fraction of sp³-hybridized carbons (Fsp3) is 0.462. The molecule has 94 valence electrons. The second-order valence-corrected chi connectivity index (χ2v) is 5.26. The minimum absolute atomic E-state index is 0.0168. The minimum atomic E-state index is -0.0624. The Hall–Kier alpha value is -0.870. The maximum absolute atomic E-state index is 11.9. The number of nitrogens with one attached hydrogen (secondary N) is 1. The Bertz CT molecular complexity index is 395. The topological polar surface area (TPSA) is 55.1 Å². The van der Waals surface area contributed by atoms with Gasteiger partial charge in [-0.05, 0) is 59.9 Å². The highest BCUT2D eigenvalue weighted by Gasteiger charge is 2.14. The maximum atomic E-state index is 11.9. The summed E-state index contributed by atoms with van der Waals surface area (Å²) in [6.07, 6.45) is 0.703. The van der Waals surface area contributed by atoms with Crippen LogP contribution in [0, 0.1) is 19.8 Å². The molecule has 0 aromatic heterocycles. The van der Waals surface area contributed by atoms with E-state index in [1.165, 1.54) is 5.56 Å². The third-order valence-corrected chi connectivity index (χ3v) is 3.35. The Balaban J connectivity index is 2.85. The Labute approximate surface area is 111 Å². The number of hydrogen-bond acceptors (Lipinski definition) is 2. The summed E-state index contributed by atoms with van der Waals surface area (Å²) < 4.78 is 0.920. The average Bonchev–Trinajstić information content (AvgIpc) is 2.23. The summed E-state index contributed by atoms with van der Waals surface area (Å²) in [6.45, 7) is 6.43. The lowest BCUT2D eigenvalue weighted by molar-refractivity contribution is -0.119. The van der Waals surface area contributed by atoms with Gasteiger partial charge in [-0.15, -0.1) is 0 Å². The number of aryl methyl sites for hydroxylation is 2. The molecule has 1 aromatic carbocycles. The molecule has 0 aliphatic carbocycles. The van der Waals surface area contributed by atoms with Crippen LogP contribution >= 0.6 is 15.9 Å². The van der Waals surface area contributed by atoms with E-state index in [2.05, 4.69) is 21.2 Å². The number of benzene rings is 1. The van der Waals surface area contributed by atoms with Crippen LogP contribution in [0.15, 0.2) is 16.6 Å². The normalized spacial score (nSPS) is 12.3. The molecule has 0 aliphatic rings. The first kappa shape index (κ1) is 14.2. The molecule has 0 radical (unpaired) electrons. The molecular weight excluding hydrogens is 280 g/mol. The van der Waals surface area contributed by atoms with Gasteiger partial charge in [0.1, 0.15) is 0 Å². The van der Waals surface area contributed by atoms with Crippen LogP contribution in [-0.4, -0.2) is 12.5 Å². The smallest absolute Gasteiger partial charge is 0.227 e. The van der Waals surface area contributed by atoms with Crippen molar-refractivity contribution in [2.75, 3.05) is 11.9 Å². The summed E-state index contributed by atoms with van der Waals surface area (Å²) in [5.74, 6) is -0.0456. The van der Waals surface area contributed by atoms with E-state index in [9.17, 15) is 4.79 Å². The predicted molar refractivity (Wildman–Crippen MR) is 75.1 cm³/mol. The second kappa shape index (κ2) is 6.17. The molecule has 1 rings (SSSR count). The van der Waals surface area contributed by atoms with E-state index in [1.54, 1.807) is 0 Å². The summed E-state index contributed by atoms with van der Waals surface area (Å²) in [5.41, 5.74) is 8.53. The van der Waals surface area contributed by atoms with Crippen LogP contribution in [0.2, 0.25) is 0 Å². The van der Waals surface area contributed by atoms with Crippen molar-refractivity contribution in [3.8, 4) is 0 Å². The SMILES string of the molecule is Cc1cc(C)c(NC(=O)C(C)CCN)c(Br)c1. The van der Waals surface area contributed by atoms with Gasteiger partial charge in [0.15, 0.2) is 0 Å². The summed E-state index contributed by atoms with van der Waals surface area (Å²) in [7, 11) is 0. The van der Waals surface area contributed by atoms with Gasteiger partial charge >= 0.3 is 0 Å². The van der Waals surface area contributed by atoms with E-state index in [4.69, 9.17) is 5.73 Å². The van der Waals surface area contributed by atoms with Crippen LogP contribution in [0.4, 0.5) is 5.69 Å². The van der Waals surface area contributed by atoms with E-state index in [1.807, 2.05) is 32.9 Å². The molecule has 0 saturated heterocycles. The van der Waals surface area contributed by atoms with Gasteiger partial charge in [0.2, 0.25) is 5.91 Å². The van der Waals surface area contributed by atoms with Crippen LogP contribution < -0.4 is 11.1 Å². The fourth-order valence-corrected chi connectivity index (χ4v) is 2.47. The Kier molecular flexibility index (Phi) is 5.15. The minimum Gasteiger partial charge on any atom is -0.330 e. The van der Waals surface area contributed by atoms with Gasteiger partial charge in [0, 0.05) is 10.4 Å². The zero-order chi connectivity index (χ0) is 13.0. The van der Waals surface area contributed by atoms with Gasteiger partial charge in [0.25, 0.3) is 0 Å². The summed E-state index contributed by atoms with van der Waals surface area (Å²) in [6, 6.07) is 4.05. The molecule has 3 N–H and O–H groups in total. The van der Waals surface area contributed by atoms with E-state index >= 15 is 0 Å². The Morgan fingerprint density at radius 1 is 1.47 bits per heavy atom. The van der Waals surface area contributed by atoms with Crippen LogP contribution in [-0.2, 0) is 4.79 Å². The molecular formula is C13H19BrN2O. The lowest BCUT2D eigenvalue weighted by Crippen LogP contribution is -2.23. The molecule has 3 nitrogen and oxygen atoms in total. The molecule has 0 aliphatic heterocycles.